The molecule has 6 heteroatoms. The van der Waals surface area contributed by atoms with E-state index in [1.807, 2.05) is 24.4 Å². The Labute approximate surface area is 118 Å². The van der Waals surface area contributed by atoms with Crippen LogP contribution in [0, 0.1) is 11.3 Å². The Kier molecular flexibility index (Phi) is 6.05. The molecule has 1 N–H and O–H groups in total. The van der Waals surface area contributed by atoms with Crippen molar-refractivity contribution in [2.45, 2.75) is 13.0 Å². The number of nitrogens with one attached hydrogen (secondary N) is 1. The van der Waals surface area contributed by atoms with Crippen LogP contribution in [0.5, 0.6) is 0 Å². The summed E-state index contributed by atoms with van der Waals surface area (Å²) in [6.07, 6.45) is 1.57. The zero-order valence-corrected chi connectivity index (χ0v) is 12.5. The van der Waals surface area contributed by atoms with Gasteiger partial charge in [-0.05, 0) is 35.0 Å². The molecule has 1 atom stereocenters. The molecule has 18 heavy (non-hydrogen) atoms. The van der Waals surface area contributed by atoms with Crippen molar-refractivity contribution in [1.29, 1.82) is 5.26 Å². The standard InChI is InChI=1S/C12H13BrN2O2S/c1-8(6-17-2)15-12(16)9(5-14)3-11-4-10(13)7-18-11/h3-4,7-8H,6H2,1-2H3,(H,15,16)/b9-3+/t8-/m1/s1. The van der Waals surface area contributed by atoms with Crippen molar-refractivity contribution < 1.29 is 9.53 Å². The molecule has 0 unspecified atom stereocenters. The lowest BCUT2D eigenvalue weighted by atomic mass is 10.2. The van der Waals surface area contributed by atoms with Crippen molar-refractivity contribution in [1.82, 2.24) is 5.32 Å². The van der Waals surface area contributed by atoms with E-state index >= 15 is 0 Å². The molecule has 1 rings (SSSR count). The number of halogens is 1. The topological polar surface area (TPSA) is 62.1 Å². The Morgan fingerprint density at radius 3 is 3.00 bits per heavy atom. The van der Waals surface area contributed by atoms with Crippen LogP contribution in [0.3, 0.4) is 0 Å². The van der Waals surface area contributed by atoms with Gasteiger partial charge < -0.3 is 10.1 Å². The number of carbonyl (C=O) groups excluding carboxylic acids is 1. The fourth-order valence-electron chi connectivity index (χ4n) is 1.29. The van der Waals surface area contributed by atoms with Crippen LogP contribution in [0.2, 0.25) is 0 Å². The smallest absolute Gasteiger partial charge is 0.262 e. The minimum atomic E-state index is -0.383. The summed E-state index contributed by atoms with van der Waals surface area (Å²) >= 11 is 4.78. The number of ether oxygens (including phenoxy) is 1. The summed E-state index contributed by atoms with van der Waals surface area (Å²) in [5.41, 5.74) is 0.0901. The van der Waals surface area contributed by atoms with Gasteiger partial charge in [-0.2, -0.15) is 5.26 Å². The highest BCUT2D eigenvalue weighted by Crippen LogP contribution is 2.22. The third-order valence-electron chi connectivity index (χ3n) is 2.03. The van der Waals surface area contributed by atoms with Crippen molar-refractivity contribution in [2.75, 3.05) is 13.7 Å². The Morgan fingerprint density at radius 2 is 2.50 bits per heavy atom. The minimum absolute atomic E-state index is 0.0901. The highest BCUT2D eigenvalue weighted by molar-refractivity contribution is 9.10. The quantitative estimate of drug-likeness (QED) is 0.667. The molecule has 1 aromatic heterocycles. The first-order valence-electron chi connectivity index (χ1n) is 5.22. The van der Waals surface area contributed by atoms with Crippen LogP contribution in [-0.4, -0.2) is 25.7 Å². The minimum Gasteiger partial charge on any atom is -0.383 e. The molecule has 0 aliphatic carbocycles. The summed E-state index contributed by atoms with van der Waals surface area (Å²) in [7, 11) is 1.56. The maximum absolute atomic E-state index is 11.8. The van der Waals surface area contributed by atoms with Crippen LogP contribution in [0.4, 0.5) is 0 Å². The van der Waals surface area contributed by atoms with Gasteiger partial charge in [0.2, 0.25) is 0 Å². The number of nitriles is 1. The van der Waals surface area contributed by atoms with Crippen LogP contribution < -0.4 is 5.32 Å². The molecule has 1 amide bonds. The molecule has 0 saturated heterocycles. The first-order chi connectivity index (χ1) is 8.56. The summed E-state index contributed by atoms with van der Waals surface area (Å²) in [6.45, 7) is 2.23. The van der Waals surface area contributed by atoms with E-state index in [0.29, 0.717) is 6.61 Å². The molecule has 0 aliphatic rings. The van der Waals surface area contributed by atoms with Crippen LogP contribution in [-0.2, 0) is 9.53 Å². The predicted octanol–water partition coefficient (Wildman–Crippen LogP) is 2.57. The van der Waals surface area contributed by atoms with E-state index in [1.54, 1.807) is 13.2 Å². The maximum Gasteiger partial charge on any atom is 0.262 e. The molecule has 0 bridgehead atoms. The summed E-state index contributed by atoms with van der Waals surface area (Å²) in [5, 5.41) is 13.6. The van der Waals surface area contributed by atoms with E-state index in [-0.39, 0.29) is 17.5 Å². The third-order valence-corrected chi connectivity index (χ3v) is 3.67. The molecule has 0 radical (unpaired) electrons. The lowest BCUT2D eigenvalue weighted by molar-refractivity contribution is -0.117. The molecule has 96 valence electrons. The molecule has 0 spiro atoms. The first kappa shape index (κ1) is 14.9. The monoisotopic (exact) mass is 328 g/mol. The van der Waals surface area contributed by atoms with Crippen LogP contribution >= 0.6 is 27.3 Å². The zero-order chi connectivity index (χ0) is 13.5. The summed E-state index contributed by atoms with van der Waals surface area (Å²) < 4.78 is 5.85. The second kappa shape index (κ2) is 7.31. The molecule has 4 nitrogen and oxygen atoms in total. The molecular formula is C12H13BrN2O2S. The van der Waals surface area contributed by atoms with Gasteiger partial charge in [-0.25, -0.2) is 0 Å². The predicted molar refractivity (Wildman–Crippen MR) is 75.1 cm³/mol. The normalized spacial score (nSPS) is 12.9. The van der Waals surface area contributed by atoms with Crippen molar-refractivity contribution >= 4 is 39.2 Å². The second-order valence-electron chi connectivity index (χ2n) is 3.67. The average molecular weight is 329 g/mol. The number of rotatable bonds is 5. The molecule has 1 heterocycles. The van der Waals surface area contributed by atoms with Gasteiger partial charge in [0.05, 0.1) is 6.61 Å². The lowest BCUT2D eigenvalue weighted by Gasteiger charge is -2.11. The fourth-order valence-corrected chi connectivity index (χ4v) is 2.66. The van der Waals surface area contributed by atoms with E-state index < -0.39 is 0 Å². The van der Waals surface area contributed by atoms with E-state index in [9.17, 15) is 4.79 Å². The molecule has 0 aromatic carbocycles. The number of hydrogen-bond donors (Lipinski definition) is 1. The SMILES string of the molecule is COC[C@@H](C)NC(=O)/C(C#N)=C/c1cc(Br)cs1. The largest absolute Gasteiger partial charge is 0.383 e. The van der Waals surface area contributed by atoms with Crippen LogP contribution in [0.25, 0.3) is 6.08 Å². The van der Waals surface area contributed by atoms with Gasteiger partial charge >= 0.3 is 0 Å². The molecule has 0 aliphatic heterocycles. The van der Waals surface area contributed by atoms with Gasteiger partial charge in [0.1, 0.15) is 11.6 Å². The fraction of sp³-hybridized carbons (Fsp3) is 0.333. The highest BCUT2D eigenvalue weighted by Gasteiger charge is 2.12. The van der Waals surface area contributed by atoms with Crippen molar-refractivity contribution in [3.05, 3.63) is 26.4 Å². The number of nitrogens with zero attached hydrogens (tertiary/aromatic N) is 1. The highest BCUT2D eigenvalue weighted by atomic mass is 79.9. The number of hydrogen-bond acceptors (Lipinski definition) is 4. The van der Waals surface area contributed by atoms with Crippen LogP contribution in [0.15, 0.2) is 21.5 Å². The lowest BCUT2D eigenvalue weighted by Crippen LogP contribution is -2.36. The number of amides is 1. The Hall–Kier alpha value is -1.16. The summed E-state index contributed by atoms with van der Waals surface area (Å²) in [6, 6.07) is 3.63. The van der Waals surface area contributed by atoms with E-state index in [0.717, 1.165) is 9.35 Å². The van der Waals surface area contributed by atoms with Gasteiger partial charge in [-0.3, -0.25) is 4.79 Å². The number of methoxy groups -OCH3 is 1. The van der Waals surface area contributed by atoms with Gasteiger partial charge in [-0.15, -0.1) is 11.3 Å². The van der Waals surface area contributed by atoms with Gasteiger partial charge in [0, 0.05) is 27.9 Å². The summed E-state index contributed by atoms with van der Waals surface area (Å²) in [5.74, 6) is -0.383. The average Bonchev–Trinajstić information content (AvgIpc) is 2.71. The Bertz CT molecular complexity index is 491. The van der Waals surface area contributed by atoms with E-state index in [1.165, 1.54) is 11.3 Å². The van der Waals surface area contributed by atoms with Gasteiger partial charge in [-0.1, -0.05) is 0 Å². The Morgan fingerprint density at radius 1 is 1.78 bits per heavy atom. The van der Waals surface area contributed by atoms with Crippen molar-refractivity contribution in [2.24, 2.45) is 0 Å². The van der Waals surface area contributed by atoms with Gasteiger partial charge in [0.25, 0.3) is 5.91 Å². The van der Waals surface area contributed by atoms with Crippen molar-refractivity contribution in [3.63, 3.8) is 0 Å². The summed E-state index contributed by atoms with van der Waals surface area (Å²) in [4.78, 5) is 12.7. The first-order valence-corrected chi connectivity index (χ1v) is 6.89. The van der Waals surface area contributed by atoms with E-state index in [4.69, 9.17) is 10.00 Å². The molecular weight excluding hydrogens is 316 g/mol. The number of thiophene rings is 1. The van der Waals surface area contributed by atoms with Crippen LogP contribution in [0.1, 0.15) is 11.8 Å². The molecule has 0 saturated carbocycles. The van der Waals surface area contributed by atoms with E-state index in [2.05, 4.69) is 21.2 Å². The van der Waals surface area contributed by atoms with Crippen molar-refractivity contribution in [3.8, 4) is 6.07 Å². The second-order valence-corrected chi connectivity index (χ2v) is 5.53. The molecule has 0 fully saturated rings. The number of carbonyl (C=O) groups is 1. The zero-order valence-electron chi connectivity index (χ0n) is 10.1. The Balaban J connectivity index is 2.75. The maximum atomic E-state index is 11.8. The third kappa shape index (κ3) is 4.61. The molecule has 1 aromatic rings. The van der Waals surface area contributed by atoms with Gasteiger partial charge in [0.15, 0.2) is 0 Å².